The van der Waals surface area contributed by atoms with E-state index in [2.05, 4.69) is 10.0 Å². The summed E-state index contributed by atoms with van der Waals surface area (Å²) in [6.07, 6.45) is 2.67. The molecule has 2 saturated heterocycles. The highest BCUT2D eigenvalue weighted by Crippen LogP contribution is 2.41. The van der Waals surface area contributed by atoms with Gasteiger partial charge in [-0.15, -0.1) is 0 Å². The topological polar surface area (TPSA) is 149 Å². The third-order valence-corrected chi connectivity index (χ3v) is 8.96. The molecule has 11 heteroatoms. The lowest BCUT2D eigenvalue weighted by Gasteiger charge is -2.53. The van der Waals surface area contributed by atoms with E-state index in [9.17, 15) is 18.0 Å². The Morgan fingerprint density at radius 1 is 1.08 bits per heavy atom. The van der Waals surface area contributed by atoms with Gasteiger partial charge in [0.05, 0.1) is 4.90 Å². The quantitative estimate of drug-likeness (QED) is 0.350. The molecule has 0 aromatic heterocycles. The molecule has 2 aliphatic rings. The van der Waals surface area contributed by atoms with Gasteiger partial charge in [0, 0.05) is 39.5 Å². The van der Waals surface area contributed by atoms with Gasteiger partial charge in [0.25, 0.3) is 5.91 Å². The monoisotopic (exact) mass is 514 g/mol. The first-order chi connectivity index (χ1) is 17.1. The van der Waals surface area contributed by atoms with Gasteiger partial charge in [0.15, 0.2) is 11.6 Å². The molecule has 36 heavy (non-hydrogen) atoms. The molecule has 0 aliphatic carbocycles. The molecule has 194 valence electrons. The Bertz CT molecular complexity index is 1280. The number of sulfonamides is 1. The number of nitrogens with two attached hydrogens (primary N) is 1. The van der Waals surface area contributed by atoms with Gasteiger partial charge < -0.3 is 20.9 Å². The molecule has 2 fully saturated rings. The van der Waals surface area contributed by atoms with Gasteiger partial charge in [-0.05, 0) is 54.5 Å². The number of piperidine rings is 2. The van der Waals surface area contributed by atoms with Crippen LogP contribution >= 0.6 is 0 Å². The maximum Gasteiger partial charge on any atom is 0.262 e. The number of amides is 2. The minimum atomic E-state index is -4.22. The fourth-order valence-electron chi connectivity index (χ4n) is 5.85. The van der Waals surface area contributed by atoms with Gasteiger partial charge in [0.2, 0.25) is 15.9 Å². The zero-order valence-electron chi connectivity index (χ0n) is 20.7. The molecule has 2 unspecified atom stereocenters. The number of nitrogens with one attached hydrogen (secondary N) is 3. The summed E-state index contributed by atoms with van der Waals surface area (Å²) in [4.78, 5) is 29.7. The summed E-state index contributed by atoms with van der Waals surface area (Å²) in [5.41, 5.74) is 3.95. The summed E-state index contributed by atoms with van der Waals surface area (Å²) in [7, 11) is -2.77. The van der Waals surface area contributed by atoms with E-state index in [1.807, 2.05) is 24.3 Å². The van der Waals surface area contributed by atoms with Crippen molar-refractivity contribution < 1.29 is 18.0 Å². The lowest BCUT2D eigenvalue weighted by Crippen LogP contribution is -2.75. The van der Waals surface area contributed by atoms with Gasteiger partial charge in [-0.3, -0.25) is 15.0 Å². The minimum absolute atomic E-state index is 0.0197. The van der Waals surface area contributed by atoms with Crippen molar-refractivity contribution in [3.05, 3.63) is 42.5 Å². The van der Waals surface area contributed by atoms with Crippen molar-refractivity contribution in [2.45, 2.75) is 43.2 Å². The van der Waals surface area contributed by atoms with E-state index < -0.39 is 27.5 Å². The SMILES string of the molecule is CNC(=O)C1(NS(=O)(=O)c2ccc3ccccc3c2)C([C@@H]2CCCN(C(=N)N)C2)CCCN1C(C)=O. The van der Waals surface area contributed by atoms with E-state index in [1.165, 1.54) is 24.9 Å². The Labute approximate surface area is 211 Å². The Morgan fingerprint density at radius 3 is 2.44 bits per heavy atom. The number of carbonyl (C=O) groups is 2. The zero-order valence-corrected chi connectivity index (χ0v) is 21.5. The van der Waals surface area contributed by atoms with Gasteiger partial charge in [-0.2, -0.15) is 4.72 Å². The lowest BCUT2D eigenvalue weighted by atomic mass is 9.71. The number of carbonyl (C=O) groups excluding carboxylic acids is 2. The minimum Gasteiger partial charge on any atom is -0.370 e. The fraction of sp³-hybridized carbons (Fsp3) is 0.480. The summed E-state index contributed by atoms with van der Waals surface area (Å²) in [6.45, 7) is 2.66. The van der Waals surface area contributed by atoms with Gasteiger partial charge in [0.1, 0.15) is 0 Å². The number of nitrogens with zero attached hydrogens (tertiary/aromatic N) is 2. The molecule has 5 N–H and O–H groups in total. The number of rotatable bonds is 5. The average Bonchev–Trinajstić information content (AvgIpc) is 2.87. The Balaban J connectivity index is 1.82. The van der Waals surface area contributed by atoms with Crippen LogP contribution in [0.4, 0.5) is 0 Å². The molecule has 2 aliphatic heterocycles. The van der Waals surface area contributed by atoms with E-state index in [0.29, 0.717) is 25.9 Å². The van der Waals surface area contributed by atoms with Crippen LogP contribution in [-0.4, -0.2) is 68.3 Å². The molecular weight excluding hydrogens is 480 g/mol. The maximum absolute atomic E-state index is 13.8. The van der Waals surface area contributed by atoms with E-state index in [1.54, 1.807) is 17.0 Å². The van der Waals surface area contributed by atoms with Crippen molar-refractivity contribution in [3.63, 3.8) is 0 Å². The van der Waals surface area contributed by atoms with Crippen molar-refractivity contribution in [1.29, 1.82) is 5.41 Å². The Hall–Kier alpha value is -3.18. The second-order valence-electron chi connectivity index (χ2n) is 9.61. The molecule has 3 atom stereocenters. The number of hydrogen-bond acceptors (Lipinski definition) is 5. The molecular formula is C25H34N6O4S. The van der Waals surface area contributed by atoms with Gasteiger partial charge in [-0.25, -0.2) is 8.42 Å². The van der Waals surface area contributed by atoms with Crippen LogP contribution in [0.15, 0.2) is 47.4 Å². The number of hydrogen-bond donors (Lipinski definition) is 4. The first kappa shape index (κ1) is 25.9. The molecule has 4 rings (SSSR count). The van der Waals surface area contributed by atoms with Crippen molar-refractivity contribution in [3.8, 4) is 0 Å². The molecule has 0 bridgehead atoms. The van der Waals surface area contributed by atoms with Crippen molar-refractivity contribution in [1.82, 2.24) is 19.8 Å². The van der Waals surface area contributed by atoms with Crippen LogP contribution in [0.5, 0.6) is 0 Å². The lowest BCUT2D eigenvalue weighted by molar-refractivity contribution is -0.159. The highest BCUT2D eigenvalue weighted by atomic mass is 32.2. The van der Waals surface area contributed by atoms with Crippen LogP contribution in [0.3, 0.4) is 0 Å². The molecule has 2 heterocycles. The summed E-state index contributed by atoms with van der Waals surface area (Å²) in [6, 6.07) is 12.2. The molecule has 0 saturated carbocycles. The number of guanidine groups is 1. The molecule has 2 aromatic rings. The summed E-state index contributed by atoms with van der Waals surface area (Å²) in [5.74, 6) is -1.68. The van der Waals surface area contributed by atoms with Gasteiger partial charge >= 0.3 is 0 Å². The van der Waals surface area contributed by atoms with E-state index in [0.717, 1.165) is 23.6 Å². The molecule has 0 spiro atoms. The predicted molar refractivity (Wildman–Crippen MR) is 137 cm³/mol. The van der Waals surface area contributed by atoms with Crippen LogP contribution in [0.25, 0.3) is 10.8 Å². The van der Waals surface area contributed by atoms with Crippen molar-refractivity contribution in [2.75, 3.05) is 26.7 Å². The number of likely N-dealkylation sites (N-methyl/N-ethyl adjacent to an activating group) is 1. The second-order valence-corrected chi connectivity index (χ2v) is 11.3. The molecule has 10 nitrogen and oxygen atoms in total. The van der Waals surface area contributed by atoms with Crippen LogP contribution < -0.4 is 15.8 Å². The summed E-state index contributed by atoms with van der Waals surface area (Å²) in [5, 5.41) is 12.2. The molecule has 2 amide bonds. The van der Waals surface area contributed by atoms with Crippen molar-refractivity contribution in [2.24, 2.45) is 17.6 Å². The summed E-state index contributed by atoms with van der Waals surface area (Å²) < 4.78 is 30.4. The third-order valence-electron chi connectivity index (χ3n) is 7.50. The van der Waals surface area contributed by atoms with Crippen LogP contribution in [-0.2, 0) is 19.6 Å². The normalized spacial score (nSPS) is 24.9. The highest BCUT2D eigenvalue weighted by molar-refractivity contribution is 7.89. The third kappa shape index (κ3) is 4.64. The maximum atomic E-state index is 13.8. The number of fused-ring (bicyclic) bond motifs is 1. The number of likely N-dealkylation sites (tertiary alicyclic amines) is 2. The Kier molecular flexibility index (Phi) is 7.24. The van der Waals surface area contributed by atoms with Crippen LogP contribution in [0.1, 0.15) is 32.6 Å². The zero-order chi connectivity index (χ0) is 26.1. The second kappa shape index (κ2) is 10.1. The average molecular weight is 515 g/mol. The highest BCUT2D eigenvalue weighted by Gasteiger charge is 2.58. The molecule has 0 radical (unpaired) electrons. The van der Waals surface area contributed by atoms with E-state index in [-0.39, 0.29) is 29.2 Å². The Morgan fingerprint density at radius 2 is 1.78 bits per heavy atom. The van der Waals surface area contributed by atoms with E-state index >= 15 is 0 Å². The van der Waals surface area contributed by atoms with E-state index in [4.69, 9.17) is 11.1 Å². The standard InChI is InChI=1S/C25H34N6O4S/c1-17(32)31-14-6-10-22(20-9-5-13-30(16-20)24(26)27)25(31,23(33)28-2)29-36(34,35)21-12-11-18-7-3-4-8-19(18)15-21/h3-4,7-8,11-12,15,20,22,29H,5-6,9-10,13-14,16H2,1-2H3,(H3,26,27)(H,28,33)/t20-,22?,25?/m1/s1. The first-order valence-electron chi connectivity index (χ1n) is 12.2. The smallest absolute Gasteiger partial charge is 0.262 e. The largest absolute Gasteiger partial charge is 0.370 e. The summed E-state index contributed by atoms with van der Waals surface area (Å²) >= 11 is 0. The van der Waals surface area contributed by atoms with Crippen LogP contribution in [0.2, 0.25) is 0 Å². The molecule has 2 aromatic carbocycles. The predicted octanol–water partition coefficient (Wildman–Crippen LogP) is 1.42. The van der Waals surface area contributed by atoms with Crippen molar-refractivity contribution >= 4 is 38.6 Å². The van der Waals surface area contributed by atoms with Crippen LogP contribution in [0, 0.1) is 17.2 Å². The first-order valence-corrected chi connectivity index (χ1v) is 13.7. The fourth-order valence-corrected chi connectivity index (χ4v) is 7.26. The van der Waals surface area contributed by atoms with Gasteiger partial charge in [-0.1, -0.05) is 30.3 Å². The number of benzene rings is 2.